The fourth-order valence-electron chi connectivity index (χ4n) is 3.40. The highest BCUT2D eigenvalue weighted by Gasteiger charge is 2.40. The SMILES string of the molecule is CC1(C)Cc2ccccc2C1NCC1(O)CCOC1. The van der Waals surface area contributed by atoms with Crippen LogP contribution in [0, 0.1) is 5.41 Å². The van der Waals surface area contributed by atoms with Crippen LogP contribution in [0.15, 0.2) is 24.3 Å². The van der Waals surface area contributed by atoms with Gasteiger partial charge in [-0.25, -0.2) is 0 Å². The Bertz CT molecular complexity index is 464. The molecule has 1 aliphatic heterocycles. The van der Waals surface area contributed by atoms with Crippen molar-refractivity contribution in [2.75, 3.05) is 19.8 Å². The molecule has 2 atom stereocenters. The number of nitrogens with one attached hydrogen (secondary N) is 1. The molecule has 2 unspecified atom stereocenters. The summed E-state index contributed by atoms with van der Waals surface area (Å²) in [4.78, 5) is 0. The Morgan fingerprint density at radius 3 is 2.89 bits per heavy atom. The summed E-state index contributed by atoms with van der Waals surface area (Å²) in [7, 11) is 0. The van der Waals surface area contributed by atoms with Gasteiger partial charge in [-0.15, -0.1) is 0 Å². The first-order chi connectivity index (χ1) is 9.00. The van der Waals surface area contributed by atoms with E-state index in [1.54, 1.807) is 0 Å². The van der Waals surface area contributed by atoms with Crippen LogP contribution in [0.25, 0.3) is 0 Å². The minimum atomic E-state index is -0.687. The van der Waals surface area contributed by atoms with E-state index in [9.17, 15) is 5.11 Å². The van der Waals surface area contributed by atoms with E-state index in [0.29, 0.717) is 25.8 Å². The third-order valence-electron chi connectivity index (χ3n) is 4.51. The maximum atomic E-state index is 10.4. The van der Waals surface area contributed by atoms with Crippen LogP contribution in [0.4, 0.5) is 0 Å². The fraction of sp³-hybridized carbons (Fsp3) is 0.625. The quantitative estimate of drug-likeness (QED) is 0.875. The topological polar surface area (TPSA) is 41.5 Å². The molecule has 1 heterocycles. The van der Waals surface area contributed by atoms with E-state index < -0.39 is 5.60 Å². The summed E-state index contributed by atoms with van der Waals surface area (Å²) >= 11 is 0. The third kappa shape index (κ3) is 2.42. The Morgan fingerprint density at radius 1 is 1.37 bits per heavy atom. The predicted octanol–water partition coefficient (Wildman–Crippen LogP) is 2.05. The second-order valence-electron chi connectivity index (χ2n) is 6.71. The second-order valence-corrected chi connectivity index (χ2v) is 6.71. The van der Waals surface area contributed by atoms with Crippen molar-refractivity contribution in [1.29, 1.82) is 0 Å². The van der Waals surface area contributed by atoms with E-state index in [0.717, 1.165) is 12.8 Å². The summed E-state index contributed by atoms with van der Waals surface area (Å²) in [6, 6.07) is 8.94. The predicted molar refractivity (Wildman–Crippen MR) is 75.1 cm³/mol. The zero-order valence-corrected chi connectivity index (χ0v) is 11.8. The largest absolute Gasteiger partial charge is 0.386 e. The van der Waals surface area contributed by atoms with Gasteiger partial charge >= 0.3 is 0 Å². The molecule has 3 heteroatoms. The van der Waals surface area contributed by atoms with Gasteiger partial charge in [-0.05, 0) is 23.0 Å². The van der Waals surface area contributed by atoms with Crippen molar-refractivity contribution in [2.45, 2.75) is 38.3 Å². The van der Waals surface area contributed by atoms with Crippen molar-refractivity contribution in [2.24, 2.45) is 5.41 Å². The standard InChI is InChI=1S/C16H23NO2/c1-15(2)9-12-5-3-4-6-13(12)14(15)17-10-16(18)7-8-19-11-16/h3-6,14,17-18H,7-11H2,1-2H3. The van der Waals surface area contributed by atoms with Crippen molar-refractivity contribution in [3.05, 3.63) is 35.4 Å². The van der Waals surface area contributed by atoms with Gasteiger partial charge in [-0.1, -0.05) is 38.1 Å². The Balaban J connectivity index is 1.76. The van der Waals surface area contributed by atoms with E-state index >= 15 is 0 Å². The van der Waals surface area contributed by atoms with Gasteiger partial charge in [-0.2, -0.15) is 0 Å². The van der Waals surface area contributed by atoms with Gasteiger partial charge in [0.05, 0.1) is 6.61 Å². The van der Waals surface area contributed by atoms with Crippen molar-refractivity contribution in [3.8, 4) is 0 Å². The third-order valence-corrected chi connectivity index (χ3v) is 4.51. The Labute approximate surface area is 115 Å². The molecule has 1 saturated heterocycles. The normalized spacial score (nSPS) is 32.5. The number of aliphatic hydroxyl groups is 1. The van der Waals surface area contributed by atoms with Crippen LogP contribution in [-0.2, 0) is 11.2 Å². The monoisotopic (exact) mass is 261 g/mol. The maximum Gasteiger partial charge on any atom is 0.103 e. The molecule has 0 radical (unpaired) electrons. The molecule has 104 valence electrons. The number of benzene rings is 1. The Hall–Kier alpha value is -0.900. The van der Waals surface area contributed by atoms with Gasteiger partial charge in [0.1, 0.15) is 5.60 Å². The molecule has 1 aromatic carbocycles. The molecule has 0 aromatic heterocycles. The van der Waals surface area contributed by atoms with Gasteiger partial charge in [0.2, 0.25) is 0 Å². The average Bonchev–Trinajstić information content (AvgIpc) is 2.88. The van der Waals surface area contributed by atoms with E-state index in [-0.39, 0.29) is 5.41 Å². The molecule has 3 rings (SSSR count). The number of hydrogen-bond donors (Lipinski definition) is 2. The van der Waals surface area contributed by atoms with Gasteiger partial charge in [0.15, 0.2) is 0 Å². The number of rotatable bonds is 3. The van der Waals surface area contributed by atoms with Crippen molar-refractivity contribution in [1.82, 2.24) is 5.32 Å². The highest BCUT2D eigenvalue weighted by atomic mass is 16.5. The van der Waals surface area contributed by atoms with E-state index in [1.807, 2.05) is 0 Å². The zero-order chi connectivity index (χ0) is 13.5. The Morgan fingerprint density at radius 2 is 2.16 bits per heavy atom. The van der Waals surface area contributed by atoms with Crippen molar-refractivity contribution < 1.29 is 9.84 Å². The molecule has 3 nitrogen and oxygen atoms in total. The molecule has 1 fully saturated rings. The Kier molecular flexibility index (Phi) is 3.16. The minimum Gasteiger partial charge on any atom is -0.386 e. The first-order valence-corrected chi connectivity index (χ1v) is 7.12. The van der Waals surface area contributed by atoms with E-state index in [1.165, 1.54) is 11.1 Å². The first kappa shape index (κ1) is 13.1. The summed E-state index contributed by atoms with van der Waals surface area (Å²) in [6.07, 6.45) is 1.82. The summed E-state index contributed by atoms with van der Waals surface area (Å²) in [5, 5.41) is 14.0. The molecule has 0 bridgehead atoms. The lowest BCUT2D eigenvalue weighted by atomic mass is 9.85. The molecule has 1 aromatic rings. The van der Waals surface area contributed by atoms with Gasteiger partial charge in [-0.3, -0.25) is 0 Å². The van der Waals surface area contributed by atoms with Crippen LogP contribution < -0.4 is 5.32 Å². The highest BCUT2D eigenvalue weighted by molar-refractivity contribution is 5.37. The van der Waals surface area contributed by atoms with E-state index in [4.69, 9.17) is 4.74 Å². The number of hydrogen-bond acceptors (Lipinski definition) is 3. The van der Waals surface area contributed by atoms with Crippen LogP contribution in [0.2, 0.25) is 0 Å². The lowest BCUT2D eigenvalue weighted by molar-refractivity contribution is 0.0213. The summed E-state index contributed by atoms with van der Waals surface area (Å²) in [6.45, 7) is 6.31. The molecule has 19 heavy (non-hydrogen) atoms. The minimum absolute atomic E-state index is 0.194. The van der Waals surface area contributed by atoms with Gasteiger partial charge in [0, 0.05) is 25.6 Å². The van der Waals surface area contributed by atoms with Gasteiger partial charge in [0.25, 0.3) is 0 Å². The van der Waals surface area contributed by atoms with E-state index in [2.05, 4.69) is 43.4 Å². The van der Waals surface area contributed by atoms with Crippen LogP contribution in [0.3, 0.4) is 0 Å². The average molecular weight is 261 g/mol. The molecular formula is C16H23NO2. The smallest absolute Gasteiger partial charge is 0.103 e. The molecule has 2 N–H and O–H groups in total. The molecular weight excluding hydrogens is 238 g/mol. The molecule has 2 aliphatic rings. The lowest BCUT2D eigenvalue weighted by Crippen LogP contribution is -2.44. The highest BCUT2D eigenvalue weighted by Crippen LogP contribution is 2.45. The molecule has 0 spiro atoms. The van der Waals surface area contributed by atoms with Crippen molar-refractivity contribution in [3.63, 3.8) is 0 Å². The number of ether oxygens (including phenoxy) is 1. The summed E-state index contributed by atoms with van der Waals surface area (Å²) < 4.78 is 5.31. The van der Waals surface area contributed by atoms with Gasteiger partial charge < -0.3 is 15.2 Å². The summed E-state index contributed by atoms with van der Waals surface area (Å²) in [5.74, 6) is 0. The van der Waals surface area contributed by atoms with Crippen LogP contribution in [0.5, 0.6) is 0 Å². The van der Waals surface area contributed by atoms with Crippen LogP contribution >= 0.6 is 0 Å². The fourth-order valence-corrected chi connectivity index (χ4v) is 3.40. The first-order valence-electron chi connectivity index (χ1n) is 7.12. The zero-order valence-electron chi connectivity index (χ0n) is 11.8. The number of fused-ring (bicyclic) bond motifs is 1. The second kappa shape index (κ2) is 4.58. The molecule has 0 saturated carbocycles. The lowest BCUT2D eigenvalue weighted by Gasteiger charge is -2.32. The maximum absolute atomic E-state index is 10.4. The summed E-state index contributed by atoms with van der Waals surface area (Å²) in [5.41, 5.74) is 2.32. The van der Waals surface area contributed by atoms with Crippen molar-refractivity contribution >= 4 is 0 Å². The van der Waals surface area contributed by atoms with Crippen LogP contribution in [0.1, 0.15) is 37.4 Å². The molecule has 0 amide bonds. The molecule has 1 aliphatic carbocycles. The van der Waals surface area contributed by atoms with Crippen LogP contribution in [-0.4, -0.2) is 30.5 Å².